The van der Waals surface area contributed by atoms with Crippen molar-refractivity contribution in [1.29, 1.82) is 0 Å². The van der Waals surface area contributed by atoms with Gasteiger partial charge in [0.25, 0.3) is 0 Å². The number of carboxylic acid groups (broad SMARTS) is 1. The van der Waals surface area contributed by atoms with Crippen molar-refractivity contribution in [2.75, 3.05) is 0 Å². The third-order valence-corrected chi connectivity index (χ3v) is 2.82. The summed E-state index contributed by atoms with van der Waals surface area (Å²) in [7, 11) is 0. The number of H-pyrrole nitrogens is 1. The summed E-state index contributed by atoms with van der Waals surface area (Å²) < 4.78 is 0. The molecule has 2 N–H and O–H groups in total. The van der Waals surface area contributed by atoms with E-state index in [1.54, 1.807) is 12.4 Å². The average molecular weight is 239 g/mol. The topological polar surface area (TPSA) is 78.9 Å². The van der Waals surface area contributed by atoms with Crippen molar-refractivity contribution in [3.05, 3.63) is 48.4 Å². The zero-order valence-electron chi connectivity index (χ0n) is 9.29. The zero-order valence-corrected chi connectivity index (χ0v) is 9.29. The second-order valence-corrected chi connectivity index (χ2v) is 3.87. The standard InChI is InChI=1S/C13H9N3O2/c17-13(18)11-7-15-16-12(11)10-3-1-2-8-6-14-5-4-9(8)10/h1-7H,(H,15,16)(H,17,18). The van der Waals surface area contributed by atoms with Crippen LogP contribution < -0.4 is 0 Å². The van der Waals surface area contributed by atoms with Crippen LogP contribution in [0.5, 0.6) is 0 Å². The van der Waals surface area contributed by atoms with Crippen LogP contribution in [0.25, 0.3) is 22.0 Å². The molecule has 0 bridgehead atoms. The number of nitrogens with one attached hydrogen (secondary N) is 1. The lowest BCUT2D eigenvalue weighted by Gasteiger charge is -2.05. The molecule has 3 aromatic rings. The number of aromatic amines is 1. The van der Waals surface area contributed by atoms with Gasteiger partial charge < -0.3 is 5.11 Å². The van der Waals surface area contributed by atoms with E-state index in [2.05, 4.69) is 15.2 Å². The van der Waals surface area contributed by atoms with E-state index < -0.39 is 5.97 Å². The van der Waals surface area contributed by atoms with Crippen LogP contribution in [0.3, 0.4) is 0 Å². The predicted molar refractivity (Wildman–Crippen MR) is 66.3 cm³/mol. The van der Waals surface area contributed by atoms with Gasteiger partial charge in [0.1, 0.15) is 5.56 Å². The van der Waals surface area contributed by atoms with Crippen molar-refractivity contribution in [2.24, 2.45) is 0 Å². The van der Waals surface area contributed by atoms with Crippen LogP contribution in [0.1, 0.15) is 10.4 Å². The SMILES string of the molecule is O=C(O)c1cn[nH]c1-c1cccc2cnccc12. The number of aromatic nitrogens is 3. The fourth-order valence-electron chi connectivity index (χ4n) is 1.99. The fraction of sp³-hybridized carbons (Fsp3) is 0. The van der Waals surface area contributed by atoms with Crippen LogP contribution in [-0.2, 0) is 0 Å². The van der Waals surface area contributed by atoms with Crippen molar-refractivity contribution in [3.8, 4) is 11.3 Å². The van der Waals surface area contributed by atoms with E-state index in [0.717, 1.165) is 16.3 Å². The van der Waals surface area contributed by atoms with Gasteiger partial charge in [0.05, 0.1) is 11.9 Å². The lowest BCUT2D eigenvalue weighted by Crippen LogP contribution is -1.97. The summed E-state index contributed by atoms with van der Waals surface area (Å²) in [4.78, 5) is 15.2. The summed E-state index contributed by atoms with van der Waals surface area (Å²) >= 11 is 0. The summed E-state index contributed by atoms with van der Waals surface area (Å²) in [5, 5.41) is 17.6. The highest BCUT2D eigenvalue weighted by Gasteiger charge is 2.15. The predicted octanol–water partition coefficient (Wildman–Crippen LogP) is 2.32. The highest BCUT2D eigenvalue weighted by molar-refractivity contribution is 6.01. The minimum absolute atomic E-state index is 0.166. The molecular formula is C13H9N3O2. The van der Waals surface area contributed by atoms with Gasteiger partial charge in [-0.25, -0.2) is 4.79 Å². The Hall–Kier alpha value is -2.69. The Morgan fingerprint density at radius 2 is 2.11 bits per heavy atom. The molecule has 2 heterocycles. The monoisotopic (exact) mass is 239 g/mol. The summed E-state index contributed by atoms with van der Waals surface area (Å²) in [5.74, 6) is -0.996. The molecular weight excluding hydrogens is 230 g/mol. The van der Waals surface area contributed by atoms with E-state index in [1.165, 1.54) is 6.20 Å². The van der Waals surface area contributed by atoms with Gasteiger partial charge in [-0.05, 0) is 11.5 Å². The maximum absolute atomic E-state index is 11.1. The largest absolute Gasteiger partial charge is 0.478 e. The van der Waals surface area contributed by atoms with Gasteiger partial charge in [-0.15, -0.1) is 0 Å². The molecule has 0 unspecified atom stereocenters. The minimum Gasteiger partial charge on any atom is -0.478 e. The number of rotatable bonds is 2. The molecule has 0 saturated heterocycles. The third kappa shape index (κ3) is 1.53. The normalized spacial score (nSPS) is 10.7. The first-order valence-corrected chi connectivity index (χ1v) is 5.37. The molecule has 0 radical (unpaired) electrons. The maximum atomic E-state index is 11.1. The highest BCUT2D eigenvalue weighted by atomic mass is 16.4. The number of aromatic carboxylic acids is 1. The number of nitrogens with zero attached hydrogens (tertiary/aromatic N) is 2. The summed E-state index contributed by atoms with van der Waals surface area (Å²) in [6.07, 6.45) is 4.75. The molecule has 0 aliphatic heterocycles. The van der Waals surface area contributed by atoms with Gasteiger partial charge in [0.2, 0.25) is 0 Å². The van der Waals surface area contributed by atoms with Crippen LogP contribution in [-0.4, -0.2) is 26.3 Å². The van der Waals surface area contributed by atoms with Gasteiger partial charge in [-0.2, -0.15) is 5.10 Å². The van der Waals surface area contributed by atoms with Crippen molar-refractivity contribution in [2.45, 2.75) is 0 Å². The van der Waals surface area contributed by atoms with Gasteiger partial charge in [-0.1, -0.05) is 18.2 Å². The molecule has 1 aromatic carbocycles. The lowest BCUT2D eigenvalue weighted by atomic mass is 10.0. The quantitative estimate of drug-likeness (QED) is 0.719. The van der Waals surface area contributed by atoms with Gasteiger partial charge in [0.15, 0.2) is 0 Å². The van der Waals surface area contributed by atoms with Crippen LogP contribution in [0.4, 0.5) is 0 Å². The van der Waals surface area contributed by atoms with Crippen LogP contribution >= 0.6 is 0 Å². The first-order chi connectivity index (χ1) is 8.77. The zero-order chi connectivity index (χ0) is 12.5. The Kier molecular flexibility index (Phi) is 2.30. The first kappa shape index (κ1) is 10.5. The molecule has 0 aliphatic rings. The van der Waals surface area contributed by atoms with Crippen molar-refractivity contribution < 1.29 is 9.90 Å². The highest BCUT2D eigenvalue weighted by Crippen LogP contribution is 2.28. The molecule has 0 fully saturated rings. The number of benzene rings is 1. The van der Waals surface area contributed by atoms with E-state index in [1.807, 2.05) is 24.3 Å². The first-order valence-electron chi connectivity index (χ1n) is 5.37. The molecule has 0 spiro atoms. The Bertz CT molecular complexity index is 728. The van der Waals surface area contributed by atoms with Gasteiger partial charge >= 0.3 is 5.97 Å². The molecule has 3 rings (SSSR count). The van der Waals surface area contributed by atoms with Gasteiger partial charge in [-0.3, -0.25) is 10.1 Å². The molecule has 0 amide bonds. The Balaban J connectivity index is 2.32. The number of hydrogen-bond acceptors (Lipinski definition) is 3. The third-order valence-electron chi connectivity index (χ3n) is 2.82. The van der Waals surface area contributed by atoms with E-state index in [4.69, 9.17) is 5.11 Å². The van der Waals surface area contributed by atoms with E-state index in [9.17, 15) is 4.79 Å². The smallest absolute Gasteiger partial charge is 0.339 e. The Labute approximate surface area is 102 Å². The molecule has 5 heteroatoms. The Morgan fingerprint density at radius 1 is 1.22 bits per heavy atom. The van der Waals surface area contributed by atoms with Gasteiger partial charge in [0, 0.05) is 23.3 Å². The number of carboxylic acids is 1. The lowest BCUT2D eigenvalue weighted by molar-refractivity contribution is 0.0698. The second kappa shape index (κ2) is 3.96. The molecule has 0 atom stereocenters. The number of fused-ring (bicyclic) bond motifs is 1. The van der Waals surface area contributed by atoms with Crippen molar-refractivity contribution >= 4 is 16.7 Å². The molecule has 18 heavy (non-hydrogen) atoms. The summed E-state index contributed by atoms with van der Waals surface area (Å²) in [6, 6.07) is 7.52. The molecule has 0 saturated carbocycles. The van der Waals surface area contributed by atoms with E-state index in [0.29, 0.717) is 5.69 Å². The molecule has 0 aliphatic carbocycles. The summed E-state index contributed by atoms with van der Waals surface area (Å²) in [6.45, 7) is 0. The maximum Gasteiger partial charge on any atom is 0.339 e. The molecule has 2 aromatic heterocycles. The Morgan fingerprint density at radius 3 is 2.94 bits per heavy atom. The minimum atomic E-state index is -0.996. The van der Waals surface area contributed by atoms with Crippen molar-refractivity contribution in [3.63, 3.8) is 0 Å². The van der Waals surface area contributed by atoms with E-state index >= 15 is 0 Å². The number of hydrogen-bond donors (Lipinski definition) is 2. The molecule has 88 valence electrons. The number of pyridine rings is 1. The molecule has 5 nitrogen and oxygen atoms in total. The second-order valence-electron chi connectivity index (χ2n) is 3.87. The van der Waals surface area contributed by atoms with Crippen molar-refractivity contribution in [1.82, 2.24) is 15.2 Å². The summed E-state index contributed by atoms with van der Waals surface area (Å²) in [5.41, 5.74) is 1.49. The average Bonchev–Trinajstić information content (AvgIpc) is 2.87. The van der Waals surface area contributed by atoms with E-state index in [-0.39, 0.29) is 5.56 Å². The van der Waals surface area contributed by atoms with Crippen LogP contribution in [0.2, 0.25) is 0 Å². The number of carbonyl (C=O) groups is 1. The van der Waals surface area contributed by atoms with Crippen LogP contribution in [0, 0.1) is 0 Å². The fourth-order valence-corrected chi connectivity index (χ4v) is 1.99. The van der Waals surface area contributed by atoms with Crippen LogP contribution in [0.15, 0.2) is 42.9 Å².